The van der Waals surface area contributed by atoms with Crippen LogP contribution >= 0.6 is 11.8 Å². The minimum Gasteiger partial charge on any atom is -0.496 e. The van der Waals surface area contributed by atoms with Crippen molar-refractivity contribution in [2.75, 3.05) is 24.7 Å². The number of thioether (sulfide) groups is 1. The smallest absolute Gasteiger partial charge is 0.322 e. The zero-order chi connectivity index (χ0) is 18.9. The van der Waals surface area contributed by atoms with Crippen LogP contribution in [0.4, 0.5) is 5.69 Å². The van der Waals surface area contributed by atoms with E-state index in [-0.39, 0.29) is 11.7 Å². The Morgan fingerprint density at radius 2 is 1.77 bits per heavy atom. The molecule has 136 valence electrons. The van der Waals surface area contributed by atoms with Crippen LogP contribution in [-0.4, -0.2) is 42.3 Å². The number of rotatable bonds is 8. The molecule has 0 saturated heterocycles. The summed E-state index contributed by atoms with van der Waals surface area (Å²) in [6.45, 7) is -0.447. The summed E-state index contributed by atoms with van der Waals surface area (Å²) in [5, 5.41) is 13.6. The topological polar surface area (TPSA) is 105 Å². The third kappa shape index (κ3) is 5.82. The number of para-hydroxylation sites is 1. The van der Waals surface area contributed by atoms with Gasteiger partial charge in [-0.3, -0.25) is 14.4 Å². The van der Waals surface area contributed by atoms with Gasteiger partial charge in [-0.2, -0.15) is 0 Å². The molecule has 7 nitrogen and oxygen atoms in total. The summed E-state index contributed by atoms with van der Waals surface area (Å²) in [6.07, 6.45) is 0. The number of methoxy groups -OCH3 is 1. The van der Waals surface area contributed by atoms with Crippen LogP contribution in [0, 0.1) is 0 Å². The summed E-state index contributed by atoms with van der Waals surface area (Å²) in [5.74, 6) is -0.876. The van der Waals surface area contributed by atoms with Gasteiger partial charge in [0, 0.05) is 16.1 Å². The zero-order valence-electron chi connectivity index (χ0n) is 14.0. The molecule has 26 heavy (non-hydrogen) atoms. The highest BCUT2D eigenvalue weighted by molar-refractivity contribution is 8.00. The predicted molar refractivity (Wildman–Crippen MR) is 98.8 cm³/mol. The summed E-state index contributed by atoms with van der Waals surface area (Å²) in [4.78, 5) is 35.1. The van der Waals surface area contributed by atoms with Gasteiger partial charge in [0.25, 0.3) is 5.91 Å². The van der Waals surface area contributed by atoms with Gasteiger partial charge in [-0.15, -0.1) is 11.8 Å². The first kappa shape index (κ1) is 19.3. The Balaban J connectivity index is 1.87. The lowest BCUT2D eigenvalue weighted by Crippen LogP contribution is -2.29. The van der Waals surface area contributed by atoms with Crippen molar-refractivity contribution in [3.05, 3.63) is 54.1 Å². The Bertz CT molecular complexity index is 792. The fraction of sp³-hybridized carbons (Fsp3) is 0.167. The first-order chi connectivity index (χ1) is 12.5. The fourth-order valence-electron chi connectivity index (χ4n) is 2.04. The van der Waals surface area contributed by atoms with Gasteiger partial charge in [0.15, 0.2) is 0 Å². The van der Waals surface area contributed by atoms with Gasteiger partial charge in [-0.05, 0) is 36.4 Å². The number of carbonyl (C=O) groups excluding carboxylic acids is 2. The number of carboxylic acids is 1. The van der Waals surface area contributed by atoms with Crippen molar-refractivity contribution in [3.63, 3.8) is 0 Å². The molecule has 0 fully saturated rings. The molecule has 8 heteroatoms. The summed E-state index contributed by atoms with van der Waals surface area (Å²) < 4.78 is 5.24. The molecule has 0 spiro atoms. The van der Waals surface area contributed by atoms with Crippen molar-refractivity contribution in [1.82, 2.24) is 5.32 Å². The number of aliphatic carboxylic acids is 1. The van der Waals surface area contributed by atoms with Crippen LogP contribution in [-0.2, 0) is 9.59 Å². The molecule has 0 unspecified atom stereocenters. The lowest BCUT2D eigenvalue weighted by atomic mass is 10.2. The molecule has 0 aliphatic rings. The maximum atomic E-state index is 12.1. The summed E-state index contributed by atoms with van der Waals surface area (Å²) >= 11 is 1.36. The number of ether oxygens (including phenoxy) is 1. The van der Waals surface area contributed by atoms with Crippen molar-refractivity contribution in [2.45, 2.75) is 4.90 Å². The van der Waals surface area contributed by atoms with Crippen LogP contribution in [0.3, 0.4) is 0 Å². The molecule has 0 radical (unpaired) electrons. The molecular weight excluding hydrogens is 356 g/mol. The maximum absolute atomic E-state index is 12.1. The number of anilines is 1. The van der Waals surface area contributed by atoms with Crippen molar-refractivity contribution in [2.24, 2.45) is 0 Å². The van der Waals surface area contributed by atoms with Crippen LogP contribution in [0.25, 0.3) is 0 Å². The van der Waals surface area contributed by atoms with Crippen molar-refractivity contribution in [3.8, 4) is 5.75 Å². The van der Waals surface area contributed by atoms with E-state index in [0.29, 0.717) is 17.0 Å². The molecule has 0 aliphatic heterocycles. The second kappa shape index (κ2) is 9.47. The number of carboxylic acid groups (broad SMARTS) is 1. The highest BCUT2D eigenvalue weighted by Gasteiger charge is 2.09. The summed E-state index contributed by atoms with van der Waals surface area (Å²) in [6, 6.07) is 13.6. The van der Waals surface area contributed by atoms with E-state index in [1.54, 1.807) is 19.2 Å². The van der Waals surface area contributed by atoms with E-state index >= 15 is 0 Å². The molecule has 0 aliphatic carbocycles. The van der Waals surface area contributed by atoms with E-state index in [4.69, 9.17) is 9.84 Å². The molecule has 0 atom stereocenters. The van der Waals surface area contributed by atoms with E-state index < -0.39 is 18.4 Å². The van der Waals surface area contributed by atoms with Crippen LogP contribution in [0.15, 0.2) is 53.4 Å². The van der Waals surface area contributed by atoms with Gasteiger partial charge < -0.3 is 20.5 Å². The molecule has 2 aromatic carbocycles. The highest BCUT2D eigenvalue weighted by atomic mass is 32.2. The van der Waals surface area contributed by atoms with Crippen LogP contribution in [0.5, 0.6) is 5.75 Å². The number of benzene rings is 2. The molecule has 2 rings (SSSR count). The van der Waals surface area contributed by atoms with Crippen LogP contribution in [0.2, 0.25) is 0 Å². The number of hydrogen-bond acceptors (Lipinski definition) is 5. The Morgan fingerprint density at radius 1 is 1.08 bits per heavy atom. The van der Waals surface area contributed by atoms with Gasteiger partial charge in [-0.1, -0.05) is 12.1 Å². The van der Waals surface area contributed by atoms with Gasteiger partial charge in [-0.25, -0.2) is 0 Å². The molecule has 0 heterocycles. The van der Waals surface area contributed by atoms with E-state index in [1.165, 1.54) is 23.9 Å². The lowest BCUT2D eigenvalue weighted by Gasteiger charge is -2.09. The van der Waals surface area contributed by atoms with Crippen molar-refractivity contribution < 1.29 is 24.2 Å². The average molecular weight is 374 g/mol. The van der Waals surface area contributed by atoms with Gasteiger partial charge in [0.05, 0.1) is 12.9 Å². The molecule has 0 saturated carbocycles. The first-order valence-electron chi connectivity index (χ1n) is 7.65. The second-order valence-electron chi connectivity index (χ2n) is 5.14. The normalized spacial score (nSPS) is 10.0. The Morgan fingerprint density at radius 3 is 2.42 bits per heavy atom. The third-order valence-corrected chi connectivity index (χ3v) is 4.31. The lowest BCUT2D eigenvalue weighted by molar-refractivity contribution is -0.135. The molecule has 2 aromatic rings. The Kier molecular flexibility index (Phi) is 7.04. The molecule has 0 aromatic heterocycles. The largest absolute Gasteiger partial charge is 0.496 e. The van der Waals surface area contributed by atoms with Gasteiger partial charge in [0.1, 0.15) is 12.3 Å². The Labute approximate surface area is 154 Å². The summed E-state index contributed by atoms with van der Waals surface area (Å²) in [5.41, 5.74) is 0.859. The van der Waals surface area contributed by atoms with E-state index in [1.807, 2.05) is 24.3 Å². The van der Waals surface area contributed by atoms with Gasteiger partial charge >= 0.3 is 5.97 Å². The number of nitrogens with one attached hydrogen (secondary N) is 2. The van der Waals surface area contributed by atoms with Crippen molar-refractivity contribution >= 4 is 35.2 Å². The maximum Gasteiger partial charge on any atom is 0.322 e. The highest BCUT2D eigenvalue weighted by Crippen LogP contribution is 2.28. The number of hydrogen-bond donors (Lipinski definition) is 3. The molecule has 2 amide bonds. The van der Waals surface area contributed by atoms with E-state index in [9.17, 15) is 14.4 Å². The quantitative estimate of drug-likeness (QED) is 0.612. The zero-order valence-corrected chi connectivity index (χ0v) is 14.8. The number of amides is 2. The van der Waals surface area contributed by atoms with E-state index in [0.717, 1.165) is 4.90 Å². The van der Waals surface area contributed by atoms with Crippen molar-refractivity contribution in [1.29, 1.82) is 0 Å². The van der Waals surface area contributed by atoms with E-state index in [2.05, 4.69) is 10.6 Å². The first-order valence-corrected chi connectivity index (χ1v) is 8.64. The standard InChI is InChI=1S/C18H18N2O5S/c1-25-14-4-2-3-5-15(14)26-11-16(21)20-13-8-6-12(7-9-13)18(24)19-10-17(22)23/h2-9H,10-11H2,1H3,(H,19,24)(H,20,21)(H,22,23). The molecule has 0 bridgehead atoms. The summed E-state index contributed by atoms with van der Waals surface area (Å²) in [7, 11) is 1.58. The molecular formula is C18H18N2O5S. The van der Waals surface area contributed by atoms with Crippen LogP contribution in [0.1, 0.15) is 10.4 Å². The predicted octanol–water partition coefficient (Wildman–Crippen LogP) is 2.24. The minimum atomic E-state index is -1.12. The SMILES string of the molecule is COc1ccccc1SCC(=O)Nc1ccc(C(=O)NCC(=O)O)cc1. The minimum absolute atomic E-state index is 0.191. The fourth-order valence-corrected chi connectivity index (χ4v) is 2.87. The third-order valence-electron chi connectivity index (χ3n) is 3.26. The monoisotopic (exact) mass is 374 g/mol. The van der Waals surface area contributed by atoms with Gasteiger partial charge in [0.2, 0.25) is 5.91 Å². The molecule has 3 N–H and O–H groups in total. The van der Waals surface area contributed by atoms with Crippen LogP contribution < -0.4 is 15.4 Å². The Hall–Kier alpha value is -3.00. The number of carbonyl (C=O) groups is 3. The second-order valence-corrected chi connectivity index (χ2v) is 6.16. The average Bonchev–Trinajstić information content (AvgIpc) is 2.65.